The third-order valence-electron chi connectivity index (χ3n) is 4.29. The Morgan fingerprint density at radius 3 is 2.36 bits per heavy atom. The van der Waals surface area contributed by atoms with Crippen molar-refractivity contribution in [3.63, 3.8) is 0 Å². The summed E-state index contributed by atoms with van der Waals surface area (Å²) in [5.41, 5.74) is 4.29. The van der Waals surface area contributed by atoms with Crippen LogP contribution < -0.4 is 5.32 Å². The fourth-order valence-corrected chi connectivity index (χ4v) is 2.80. The van der Waals surface area contributed by atoms with Gasteiger partial charge < -0.3 is 5.32 Å². The highest BCUT2D eigenvalue weighted by atomic mass is 16.1. The second kappa shape index (κ2) is 7.26. The van der Waals surface area contributed by atoms with Gasteiger partial charge in [0.15, 0.2) is 0 Å². The van der Waals surface area contributed by atoms with Crippen molar-refractivity contribution in [2.24, 2.45) is 5.92 Å². The summed E-state index contributed by atoms with van der Waals surface area (Å²) in [6.45, 7) is 8.36. The minimum atomic E-state index is -0.119. The molecule has 2 atom stereocenters. The Morgan fingerprint density at radius 1 is 1.09 bits per heavy atom. The van der Waals surface area contributed by atoms with Crippen molar-refractivity contribution in [1.29, 1.82) is 0 Å². The molecule has 22 heavy (non-hydrogen) atoms. The van der Waals surface area contributed by atoms with Crippen LogP contribution in [0, 0.1) is 19.8 Å². The molecular formula is C20H25NO. The van der Waals surface area contributed by atoms with E-state index in [1.807, 2.05) is 49.4 Å². The van der Waals surface area contributed by atoms with Crippen LogP contribution in [0.2, 0.25) is 0 Å². The SMILES string of the molecule is CC[C@@H](C)[C@@H](C(=O)Nc1ccc(C)cc1C)c1ccccc1. The molecule has 116 valence electrons. The summed E-state index contributed by atoms with van der Waals surface area (Å²) >= 11 is 0. The number of amides is 1. The lowest BCUT2D eigenvalue weighted by Crippen LogP contribution is -2.26. The molecule has 0 fully saturated rings. The first-order valence-corrected chi connectivity index (χ1v) is 7.96. The summed E-state index contributed by atoms with van der Waals surface area (Å²) in [5.74, 6) is 0.257. The zero-order chi connectivity index (χ0) is 16.1. The van der Waals surface area contributed by atoms with Crippen molar-refractivity contribution < 1.29 is 4.79 Å². The van der Waals surface area contributed by atoms with E-state index >= 15 is 0 Å². The number of aryl methyl sites for hydroxylation is 2. The van der Waals surface area contributed by atoms with Gasteiger partial charge in [-0.25, -0.2) is 0 Å². The highest BCUT2D eigenvalue weighted by Crippen LogP contribution is 2.29. The topological polar surface area (TPSA) is 29.1 Å². The normalized spacial score (nSPS) is 13.5. The summed E-state index contributed by atoms with van der Waals surface area (Å²) in [5, 5.41) is 3.11. The Balaban J connectivity index is 2.26. The van der Waals surface area contributed by atoms with Gasteiger partial charge in [-0.15, -0.1) is 0 Å². The molecule has 0 radical (unpaired) electrons. The maximum absolute atomic E-state index is 12.8. The quantitative estimate of drug-likeness (QED) is 0.819. The van der Waals surface area contributed by atoms with E-state index in [2.05, 4.69) is 32.2 Å². The van der Waals surface area contributed by atoms with Crippen molar-refractivity contribution in [1.82, 2.24) is 0 Å². The van der Waals surface area contributed by atoms with Gasteiger partial charge in [0.2, 0.25) is 5.91 Å². The smallest absolute Gasteiger partial charge is 0.232 e. The molecule has 0 aliphatic carbocycles. The molecule has 0 aliphatic heterocycles. The molecule has 0 saturated carbocycles. The van der Waals surface area contributed by atoms with E-state index < -0.39 is 0 Å². The summed E-state index contributed by atoms with van der Waals surface area (Å²) in [6, 6.07) is 16.2. The van der Waals surface area contributed by atoms with Crippen molar-refractivity contribution >= 4 is 11.6 Å². The molecule has 0 aliphatic rings. The first-order valence-electron chi connectivity index (χ1n) is 7.96. The number of benzene rings is 2. The van der Waals surface area contributed by atoms with Gasteiger partial charge in [0.25, 0.3) is 0 Å². The first-order chi connectivity index (χ1) is 10.5. The Morgan fingerprint density at radius 2 is 1.77 bits per heavy atom. The molecule has 2 aromatic rings. The number of carbonyl (C=O) groups is 1. The second-order valence-electron chi connectivity index (χ2n) is 6.08. The molecule has 0 spiro atoms. The van der Waals surface area contributed by atoms with Gasteiger partial charge in [-0.05, 0) is 37.0 Å². The number of hydrogen-bond donors (Lipinski definition) is 1. The minimum Gasteiger partial charge on any atom is -0.325 e. The van der Waals surface area contributed by atoms with Gasteiger partial charge >= 0.3 is 0 Å². The van der Waals surface area contributed by atoms with Crippen LogP contribution in [-0.4, -0.2) is 5.91 Å². The van der Waals surface area contributed by atoms with Crippen LogP contribution in [0.15, 0.2) is 48.5 Å². The fourth-order valence-electron chi connectivity index (χ4n) is 2.80. The lowest BCUT2D eigenvalue weighted by Gasteiger charge is -2.23. The number of nitrogens with one attached hydrogen (secondary N) is 1. The second-order valence-corrected chi connectivity index (χ2v) is 6.08. The van der Waals surface area contributed by atoms with Crippen molar-refractivity contribution in [3.05, 3.63) is 65.2 Å². The summed E-state index contributed by atoms with van der Waals surface area (Å²) in [6.07, 6.45) is 0.972. The summed E-state index contributed by atoms with van der Waals surface area (Å²) < 4.78 is 0. The Kier molecular flexibility index (Phi) is 5.37. The van der Waals surface area contributed by atoms with Gasteiger partial charge in [-0.2, -0.15) is 0 Å². The molecule has 1 N–H and O–H groups in total. The van der Waals surface area contributed by atoms with Crippen molar-refractivity contribution in [2.45, 2.75) is 40.0 Å². The average molecular weight is 295 g/mol. The molecule has 0 aromatic heterocycles. The monoisotopic (exact) mass is 295 g/mol. The van der Waals surface area contributed by atoms with Gasteiger partial charge in [0, 0.05) is 5.69 Å². The zero-order valence-electron chi connectivity index (χ0n) is 13.9. The third-order valence-corrected chi connectivity index (χ3v) is 4.29. The summed E-state index contributed by atoms with van der Waals surface area (Å²) in [4.78, 5) is 12.8. The lowest BCUT2D eigenvalue weighted by atomic mass is 9.85. The van der Waals surface area contributed by atoms with Crippen molar-refractivity contribution in [3.8, 4) is 0 Å². The van der Waals surface area contributed by atoms with Crippen LogP contribution in [-0.2, 0) is 4.79 Å². The molecular weight excluding hydrogens is 270 g/mol. The van der Waals surface area contributed by atoms with E-state index in [0.717, 1.165) is 23.2 Å². The molecule has 0 saturated heterocycles. The Labute approximate surface area is 133 Å². The van der Waals surface area contributed by atoms with Crippen LogP contribution in [0.5, 0.6) is 0 Å². The highest BCUT2D eigenvalue weighted by Gasteiger charge is 2.26. The predicted molar refractivity (Wildman–Crippen MR) is 93.2 cm³/mol. The molecule has 0 unspecified atom stereocenters. The maximum Gasteiger partial charge on any atom is 0.232 e. The van der Waals surface area contributed by atoms with Crippen LogP contribution in [0.25, 0.3) is 0 Å². The molecule has 0 heterocycles. The van der Waals surface area contributed by atoms with E-state index in [1.165, 1.54) is 5.56 Å². The average Bonchev–Trinajstić information content (AvgIpc) is 2.51. The van der Waals surface area contributed by atoms with Gasteiger partial charge in [0.1, 0.15) is 0 Å². The number of hydrogen-bond acceptors (Lipinski definition) is 1. The van der Waals surface area contributed by atoms with Crippen molar-refractivity contribution in [2.75, 3.05) is 5.32 Å². The third kappa shape index (κ3) is 3.76. The molecule has 2 rings (SSSR count). The van der Waals surface area contributed by atoms with Crippen LogP contribution in [0.3, 0.4) is 0 Å². The number of anilines is 1. The molecule has 2 nitrogen and oxygen atoms in total. The summed E-state index contributed by atoms with van der Waals surface area (Å²) in [7, 11) is 0. The van der Waals surface area contributed by atoms with E-state index in [-0.39, 0.29) is 11.8 Å². The highest BCUT2D eigenvalue weighted by molar-refractivity contribution is 5.96. The van der Waals surface area contributed by atoms with Crippen LogP contribution >= 0.6 is 0 Å². The number of carbonyl (C=O) groups excluding carboxylic acids is 1. The van der Waals surface area contributed by atoms with E-state index in [1.54, 1.807) is 0 Å². The van der Waals surface area contributed by atoms with Gasteiger partial charge in [0.05, 0.1) is 5.92 Å². The Bertz CT molecular complexity index is 633. The largest absolute Gasteiger partial charge is 0.325 e. The minimum absolute atomic E-state index is 0.0764. The Hall–Kier alpha value is -2.09. The molecule has 2 heteroatoms. The number of rotatable bonds is 5. The van der Waals surface area contributed by atoms with Crippen LogP contribution in [0.1, 0.15) is 42.9 Å². The zero-order valence-corrected chi connectivity index (χ0v) is 13.9. The van der Waals surface area contributed by atoms with Crippen LogP contribution in [0.4, 0.5) is 5.69 Å². The van der Waals surface area contributed by atoms with E-state index in [9.17, 15) is 4.79 Å². The first kappa shape index (κ1) is 16.3. The predicted octanol–water partition coefficient (Wildman–Crippen LogP) is 5.07. The maximum atomic E-state index is 12.8. The van der Waals surface area contributed by atoms with E-state index in [0.29, 0.717) is 5.92 Å². The van der Waals surface area contributed by atoms with Gasteiger partial charge in [-0.1, -0.05) is 68.3 Å². The molecule has 1 amide bonds. The molecule has 0 bridgehead atoms. The van der Waals surface area contributed by atoms with E-state index in [4.69, 9.17) is 0 Å². The van der Waals surface area contributed by atoms with Gasteiger partial charge in [-0.3, -0.25) is 4.79 Å². The standard InChI is InChI=1S/C20H25NO/c1-5-15(3)19(17-9-7-6-8-10-17)20(22)21-18-12-11-14(2)13-16(18)4/h6-13,15,19H,5H2,1-4H3,(H,21,22)/t15-,19-/m1/s1. The molecule has 2 aromatic carbocycles. The lowest BCUT2D eigenvalue weighted by molar-refractivity contribution is -0.118. The fraction of sp³-hybridized carbons (Fsp3) is 0.350.